The van der Waals surface area contributed by atoms with Crippen molar-refractivity contribution in [3.63, 3.8) is 0 Å². The molecule has 1 aromatic heterocycles. The molecule has 1 unspecified atom stereocenters. The molecule has 0 bridgehead atoms. The van der Waals surface area contributed by atoms with Gasteiger partial charge in [0, 0.05) is 30.4 Å². The fourth-order valence-corrected chi connectivity index (χ4v) is 3.23. The summed E-state index contributed by atoms with van der Waals surface area (Å²) >= 11 is 5.41. The highest BCUT2D eigenvalue weighted by Gasteiger charge is 2.34. The number of nitrogens with zero attached hydrogens (tertiary/aromatic N) is 3. The van der Waals surface area contributed by atoms with E-state index >= 15 is 0 Å². The molecule has 1 aliphatic heterocycles. The van der Waals surface area contributed by atoms with Crippen LogP contribution < -0.4 is 10.2 Å². The predicted octanol–water partition coefficient (Wildman–Crippen LogP) is 3.68. The van der Waals surface area contributed by atoms with Crippen LogP contribution in [0.15, 0.2) is 24.3 Å². The zero-order chi connectivity index (χ0) is 20.6. The fourth-order valence-electron chi connectivity index (χ4n) is 3.17. The summed E-state index contributed by atoms with van der Waals surface area (Å²) in [6.07, 6.45) is -4.68. The number of hydrogen-bond donors (Lipinski definition) is 1. The molecule has 6 nitrogen and oxygen atoms in total. The minimum absolute atomic E-state index is 0.0805. The highest BCUT2D eigenvalue weighted by molar-refractivity contribution is 6.29. The first kappa shape index (κ1) is 20.2. The van der Waals surface area contributed by atoms with Crippen molar-refractivity contribution in [1.82, 2.24) is 9.78 Å². The van der Waals surface area contributed by atoms with Crippen LogP contribution in [-0.4, -0.2) is 34.0 Å². The Hall–Kier alpha value is -2.55. The zero-order valence-corrected chi connectivity index (χ0v) is 15.9. The van der Waals surface area contributed by atoms with Gasteiger partial charge in [0.25, 0.3) is 5.91 Å². The third-order valence-corrected chi connectivity index (χ3v) is 4.54. The normalized spacial score (nSPS) is 16.6. The molecule has 2 amide bonds. The first-order chi connectivity index (χ1) is 13.1. The van der Waals surface area contributed by atoms with Crippen LogP contribution in [0.3, 0.4) is 0 Å². The maximum atomic E-state index is 13.3. The van der Waals surface area contributed by atoms with Crippen LogP contribution in [0.1, 0.15) is 28.5 Å². The van der Waals surface area contributed by atoms with E-state index in [9.17, 15) is 22.8 Å². The number of carbonyl (C=O) groups is 2. The Bertz CT molecular complexity index is 926. The summed E-state index contributed by atoms with van der Waals surface area (Å²) in [5, 5.41) is 6.60. The Labute approximate surface area is 164 Å². The van der Waals surface area contributed by atoms with Gasteiger partial charge in [-0.15, -0.1) is 11.6 Å². The van der Waals surface area contributed by atoms with Crippen LogP contribution in [0.4, 0.5) is 24.7 Å². The summed E-state index contributed by atoms with van der Waals surface area (Å²) in [6, 6.07) is 4.49. The number of anilines is 2. The third-order valence-electron chi connectivity index (χ3n) is 4.29. The van der Waals surface area contributed by atoms with E-state index in [2.05, 4.69) is 10.4 Å². The summed E-state index contributed by atoms with van der Waals surface area (Å²) in [5.41, 5.74) is -0.642. The Kier molecular flexibility index (Phi) is 5.38. The summed E-state index contributed by atoms with van der Waals surface area (Å²) in [7, 11) is 0. The minimum Gasteiger partial charge on any atom is -0.325 e. The molecule has 1 N–H and O–H groups in total. The second kappa shape index (κ2) is 7.46. The smallest absolute Gasteiger partial charge is 0.325 e. The van der Waals surface area contributed by atoms with E-state index in [0.717, 1.165) is 12.1 Å². The fraction of sp³-hybridized carbons (Fsp3) is 0.389. The average Bonchev–Trinajstić information content (AvgIpc) is 2.99. The minimum atomic E-state index is -4.68. The van der Waals surface area contributed by atoms with Crippen molar-refractivity contribution in [2.24, 2.45) is 5.92 Å². The standard InChI is InChI=1S/C18H18ClF3N4O2/c1-10-8-25(16-3-11(2)24-26(16)9-10)17(28)12-4-13(18(20,21)22)6-14(5-12)23-15(27)7-19/h3-6,10H,7-9H2,1-2H3,(H,23,27). The van der Waals surface area contributed by atoms with Gasteiger partial charge in [-0.3, -0.25) is 14.5 Å². The molecule has 3 rings (SSSR count). The Morgan fingerprint density at radius 1 is 1.25 bits per heavy atom. The molecular formula is C18H18ClF3N4O2. The molecule has 0 saturated carbocycles. The van der Waals surface area contributed by atoms with Gasteiger partial charge in [-0.1, -0.05) is 6.92 Å². The quantitative estimate of drug-likeness (QED) is 0.779. The van der Waals surface area contributed by atoms with E-state index in [1.165, 1.54) is 11.0 Å². The van der Waals surface area contributed by atoms with E-state index in [-0.39, 0.29) is 17.2 Å². The molecule has 0 aliphatic carbocycles. The van der Waals surface area contributed by atoms with Gasteiger partial charge in [0.2, 0.25) is 5.91 Å². The van der Waals surface area contributed by atoms with Gasteiger partial charge >= 0.3 is 6.18 Å². The molecule has 1 aliphatic rings. The summed E-state index contributed by atoms with van der Waals surface area (Å²) < 4.78 is 41.6. The van der Waals surface area contributed by atoms with Gasteiger partial charge in [0.05, 0.1) is 11.3 Å². The monoisotopic (exact) mass is 414 g/mol. The Morgan fingerprint density at radius 2 is 1.96 bits per heavy atom. The molecule has 2 heterocycles. The number of amides is 2. The van der Waals surface area contributed by atoms with Crippen LogP contribution in [0, 0.1) is 12.8 Å². The maximum absolute atomic E-state index is 13.3. The summed E-state index contributed by atoms with van der Waals surface area (Å²) in [5.74, 6) is -1.07. The average molecular weight is 415 g/mol. The predicted molar refractivity (Wildman–Crippen MR) is 98.6 cm³/mol. The second-order valence-electron chi connectivity index (χ2n) is 6.83. The van der Waals surface area contributed by atoms with Crippen molar-refractivity contribution >= 4 is 34.9 Å². The van der Waals surface area contributed by atoms with Crippen molar-refractivity contribution in [1.29, 1.82) is 0 Å². The van der Waals surface area contributed by atoms with Gasteiger partial charge in [-0.25, -0.2) is 4.68 Å². The number of benzene rings is 1. The third kappa shape index (κ3) is 4.14. The highest BCUT2D eigenvalue weighted by Crippen LogP contribution is 2.33. The van der Waals surface area contributed by atoms with E-state index in [1.807, 2.05) is 6.92 Å². The molecular weight excluding hydrogens is 397 g/mol. The number of halogens is 4. The van der Waals surface area contributed by atoms with E-state index in [4.69, 9.17) is 11.6 Å². The van der Waals surface area contributed by atoms with Crippen LogP contribution >= 0.6 is 11.6 Å². The first-order valence-electron chi connectivity index (χ1n) is 8.53. The van der Waals surface area contributed by atoms with E-state index in [0.29, 0.717) is 24.6 Å². The lowest BCUT2D eigenvalue weighted by Gasteiger charge is -2.31. The van der Waals surface area contributed by atoms with Crippen LogP contribution in [0.5, 0.6) is 0 Å². The molecule has 2 aromatic rings. The summed E-state index contributed by atoms with van der Waals surface area (Å²) in [6.45, 7) is 4.68. The lowest BCUT2D eigenvalue weighted by Crippen LogP contribution is -2.41. The number of hydrogen-bond acceptors (Lipinski definition) is 3. The number of fused-ring (bicyclic) bond motifs is 1. The molecule has 1 atom stereocenters. The number of aryl methyl sites for hydroxylation is 1. The molecule has 0 saturated heterocycles. The van der Waals surface area contributed by atoms with Crippen LogP contribution in [0.2, 0.25) is 0 Å². The molecule has 10 heteroatoms. The first-order valence-corrected chi connectivity index (χ1v) is 9.06. The molecule has 150 valence electrons. The number of rotatable bonds is 3. The number of carbonyl (C=O) groups excluding carboxylic acids is 2. The van der Waals surface area contributed by atoms with Gasteiger partial charge in [-0.05, 0) is 31.0 Å². The lowest BCUT2D eigenvalue weighted by atomic mass is 10.0. The topological polar surface area (TPSA) is 67.2 Å². The Balaban J connectivity index is 2.03. The van der Waals surface area contributed by atoms with Gasteiger partial charge in [-0.2, -0.15) is 18.3 Å². The van der Waals surface area contributed by atoms with Crippen molar-refractivity contribution in [2.45, 2.75) is 26.6 Å². The van der Waals surface area contributed by atoms with Crippen molar-refractivity contribution in [3.8, 4) is 0 Å². The molecule has 0 spiro atoms. The zero-order valence-electron chi connectivity index (χ0n) is 15.2. The molecule has 28 heavy (non-hydrogen) atoms. The lowest BCUT2D eigenvalue weighted by molar-refractivity contribution is -0.137. The van der Waals surface area contributed by atoms with Gasteiger partial charge < -0.3 is 5.32 Å². The number of alkyl halides is 4. The SMILES string of the molecule is Cc1cc2n(n1)CC(C)CN2C(=O)c1cc(NC(=O)CCl)cc(C(F)(F)F)c1. The van der Waals surface area contributed by atoms with E-state index < -0.39 is 29.4 Å². The highest BCUT2D eigenvalue weighted by atomic mass is 35.5. The largest absolute Gasteiger partial charge is 0.416 e. The maximum Gasteiger partial charge on any atom is 0.416 e. The summed E-state index contributed by atoms with van der Waals surface area (Å²) in [4.78, 5) is 26.0. The van der Waals surface area contributed by atoms with Gasteiger partial charge in [0.1, 0.15) is 11.7 Å². The molecule has 1 aromatic carbocycles. The second-order valence-corrected chi connectivity index (χ2v) is 7.09. The molecule has 0 radical (unpaired) electrons. The van der Waals surface area contributed by atoms with Gasteiger partial charge in [0.15, 0.2) is 0 Å². The van der Waals surface area contributed by atoms with Crippen molar-refractivity contribution < 1.29 is 22.8 Å². The van der Waals surface area contributed by atoms with Crippen molar-refractivity contribution in [3.05, 3.63) is 41.1 Å². The number of nitrogens with one attached hydrogen (secondary N) is 1. The number of aromatic nitrogens is 2. The van der Waals surface area contributed by atoms with E-state index in [1.54, 1.807) is 17.7 Å². The van der Waals surface area contributed by atoms with Crippen LogP contribution in [0.25, 0.3) is 0 Å². The Morgan fingerprint density at radius 3 is 2.61 bits per heavy atom. The molecule has 0 fully saturated rings. The van der Waals surface area contributed by atoms with Crippen molar-refractivity contribution in [2.75, 3.05) is 22.6 Å². The van der Waals surface area contributed by atoms with Crippen LogP contribution in [-0.2, 0) is 17.5 Å².